The highest BCUT2D eigenvalue weighted by Gasteiger charge is 2.89. The molecule has 4 atom stereocenters. The summed E-state index contributed by atoms with van der Waals surface area (Å²) < 4.78 is 0. The summed E-state index contributed by atoms with van der Waals surface area (Å²) in [5.74, 6) is 2.79. The van der Waals surface area contributed by atoms with Crippen LogP contribution >= 0.6 is 0 Å². The minimum Gasteiger partial charge on any atom is -0.0802 e. The van der Waals surface area contributed by atoms with Gasteiger partial charge in [0, 0.05) is 5.41 Å². The number of hydrogen-bond acceptors (Lipinski definition) is 0. The van der Waals surface area contributed by atoms with Crippen LogP contribution in [0.3, 0.4) is 0 Å². The topological polar surface area (TPSA) is 0 Å². The summed E-state index contributed by atoms with van der Waals surface area (Å²) in [5.41, 5.74) is 5.44. The molecule has 4 aliphatic rings. The van der Waals surface area contributed by atoms with Crippen molar-refractivity contribution in [3.63, 3.8) is 0 Å². The monoisotopic (exact) mass is 178 g/mol. The first kappa shape index (κ1) is 6.23. The minimum atomic E-state index is 0.623. The Balaban J connectivity index is 1.91. The van der Waals surface area contributed by atoms with E-state index in [-0.39, 0.29) is 0 Å². The molecule has 2 fully saturated rings. The van der Waals surface area contributed by atoms with Crippen LogP contribution in [-0.4, -0.2) is 0 Å². The Morgan fingerprint density at radius 2 is 2.07 bits per heavy atom. The molecule has 1 spiro atoms. The Morgan fingerprint density at radius 1 is 1.14 bits per heavy atom. The molecule has 0 heteroatoms. The molecule has 0 amide bonds. The second-order valence-corrected chi connectivity index (χ2v) is 5.01. The molecular formula is C14H10. The molecule has 0 N–H and O–H groups in total. The van der Waals surface area contributed by atoms with E-state index in [1.165, 1.54) is 0 Å². The predicted molar refractivity (Wildman–Crippen MR) is 55.7 cm³/mol. The summed E-state index contributed by atoms with van der Waals surface area (Å²) in [5, 5.41) is 0. The van der Waals surface area contributed by atoms with Gasteiger partial charge in [-0.2, -0.15) is 0 Å². The smallest absolute Gasteiger partial charge is 0.0137 e. The van der Waals surface area contributed by atoms with Crippen molar-refractivity contribution in [1.82, 2.24) is 0 Å². The summed E-state index contributed by atoms with van der Waals surface area (Å²) in [4.78, 5) is 0. The molecule has 0 heterocycles. The van der Waals surface area contributed by atoms with Crippen LogP contribution in [0.5, 0.6) is 0 Å². The molecule has 5 rings (SSSR count). The molecule has 4 unspecified atom stereocenters. The highest BCUT2D eigenvalue weighted by molar-refractivity contribution is 5.92. The third-order valence-corrected chi connectivity index (χ3v) is 4.78. The van der Waals surface area contributed by atoms with Gasteiger partial charge in [0.15, 0.2) is 0 Å². The molecule has 0 radical (unpaired) electrons. The Hall–Kier alpha value is -1.30. The van der Waals surface area contributed by atoms with E-state index >= 15 is 0 Å². The third-order valence-electron chi connectivity index (χ3n) is 4.78. The third kappa shape index (κ3) is 0.377. The fourth-order valence-corrected chi connectivity index (χ4v) is 4.20. The van der Waals surface area contributed by atoms with Crippen LogP contribution in [0.4, 0.5) is 0 Å². The highest BCUT2D eigenvalue weighted by Crippen LogP contribution is 2.96. The molecule has 66 valence electrons. The Labute approximate surface area is 82.9 Å². The van der Waals surface area contributed by atoms with E-state index in [0.29, 0.717) is 5.41 Å². The van der Waals surface area contributed by atoms with Crippen molar-refractivity contribution >= 4 is 5.57 Å². The Morgan fingerprint density at radius 3 is 3.07 bits per heavy atom. The first-order chi connectivity index (χ1) is 6.95. The van der Waals surface area contributed by atoms with Crippen LogP contribution in [-0.2, 0) is 0 Å². The van der Waals surface area contributed by atoms with Gasteiger partial charge in [0.25, 0.3) is 0 Å². The summed E-state index contributed by atoms with van der Waals surface area (Å²) in [6, 6.07) is 8.99. The maximum absolute atomic E-state index is 2.41. The van der Waals surface area contributed by atoms with Gasteiger partial charge in [-0.05, 0) is 34.5 Å². The molecule has 0 bridgehead atoms. The molecule has 1 aromatic rings. The molecule has 2 saturated carbocycles. The largest absolute Gasteiger partial charge is 0.0802 e. The van der Waals surface area contributed by atoms with Gasteiger partial charge in [-0.3, -0.25) is 0 Å². The number of benzene rings is 1. The second kappa shape index (κ2) is 1.52. The first-order valence-corrected chi connectivity index (χ1v) is 5.44. The van der Waals surface area contributed by atoms with E-state index in [9.17, 15) is 0 Å². The summed E-state index contributed by atoms with van der Waals surface area (Å²) >= 11 is 0. The zero-order valence-corrected chi connectivity index (χ0v) is 7.77. The first-order valence-electron chi connectivity index (χ1n) is 5.44. The number of hydrogen-bond donors (Lipinski definition) is 0. The van der Waals surface area contributed by atoms with Crippen LogP contribution in [0, 0.1) is 17.3 Å². The van der Waals surface area contributed by atoms with E-state index in [1.807, 2.05) is 0 Å². The van der Waals surface area contributed by atoms with Crippen LogP contribution in [0.15, 0.2) is 42.5 Å². The van der Waals surface area contributed by atoms with Crippen molar-refractivity contribution in [2.45, 2.75) is 5.92 Å². The van der Waals surface area contributed by atoms with Crippen LogP contribution in [0.25, 0.3) is 5.57 Å². The van der Waals surface area contributed by atoms with Gasteiger partial charge in [-0.15, -0.1) is 0 Å². The normalized spacial score (nSPS) is 47.7. The Kier molecular flexibility index (Phi) is 0.676. The van der Waals surface area contributed by atoms with Crippen LogP contribution in [0.1, 0.15) is 17.0 Å². The molecule has 0 nitrogen and oxygen atoms in total. The number of allylic oxidation sites excluding steroid dienone is 4. The number of fused-ring (bicyclic) bond motifs is 5. The Bertz CT molecular complexity index is 535. The zero-order valence-electron chi connectivity index (χ0n) is 7.77. The van der Waals surface area contributed by atoms with Crippen LogP contribution < -0.4 is 0 Å². The lowest BCUT2D eigenvalue weighted by Crippen LogP contribution is -2.02. The van der Waals surface area contributed by atoms with Gasteiger partial charge >= 0.3 is 0 Å². The number of rotatable bonds is 0. The zero-order chi connectivity index (χ0) is 8.91. The van der Waals surface area contributed by atoms with Gasteiger partial charge in [-0.25, -0.2) is 0 Å². The quantitative estimate of drug-likeness (QED) is 0.573. The molecule has 0 aliphatic heterocycles. The molecule has 14 heavy (non-hydrogen) atoms. The van der Waals surface area contributed by atoms with Crippen molar-refractivity contribution in [3.8, 4) is 0 Å². The lowest BCUT2D eigenvalue weighted by Gasteiger charge is -2.12. The molecule has 0 aromatic heterocycles. The van der Waals surface area contributed by atoms with Crippen molar-refractivity contribution in [3.05, 3.63) is 53.6 Å². The minimum absolute atomic E-state index is 0.623. The van der Waals surface area contributed by atoms with E-state index in [4.69, 9.17) is 0 Å². The van der Waals surface area contributed by atoms with Crippen molar-refractivity contribution < 1.29 is 0 Å². The van der Waals surface area contributed by atoms with E-state index in [1.54, 1.807) is 16.7 Å². The summed E-state index contributed by atoms with van der Waals surface area (Å²) in [6.07, 6.45) is 7.02. The molecule has 0 saturated heterocycles. The molecule has 4 aliphatic carbocycles. The average Bonchev–Trinajstić information content (AvgIpc) is 3.05. The van der Waals surface area contributed by atoms with Gasteiger partial charge in [0.05, 0.1) is 0 Å². The van der Waals surface area contributed by atoms with Gasteiger partial charge in [-0.1, -0.05) is 42.5 Å². The standard InChI is InChI=1S/C14H10/c1-2-5-9-8(4-1)10-6-3-7-11-13-12(9)14(10,11)13/h1-7,11-13H. The molecular weight excluding hydrogens is 168 g/mol. The fraction of sp³-hybridized carbons (Fsp3) is 0.286. The van der Waals surface area contributed by atoms with Gasteiger partial charge in [0.2, 0.25) is 0 Å². The lowest BCUT2D eigenvalue weighted by atomic mass is 9.91. The van der Waals surface area contributed by atoms with Gasteiger partial charge in [0.1, 0.15) is 0 Å². The van der Waals surface area contributed by atoms with Gasteiger partial charge < -0.3 is 0 Å². The maximum atomic E-state index is 2.41. The lowest BCUT2D eigenvalue weighted by molar-refractivity contribution is 0.613. The summed E-state index contributed by atoms with van der Waals surface area (Å²) in [6.45, 7) is 0. The average molecular weight is 178 g/mol. The van der Waals surface area contributed by atoms with Crippen molar-refractivity contribution in [2.24, 2.45) is 17.3 Å². The van der Waals surface area contributed by atoms with E-state index < -0.39 is 0 Å². The highest BCUT2D eigenvalue weighted by atomic mass is 14.9. The van der Waals surface area contributed by atoms with E-state index in [0.717, 1.165) is 17.8 Å². The van der Waals surface area contributed by atoms with Crippen molar-refractivity contribution in [2.75, 3.05) is 0 Å². The van der Waals surface area contributed by atoms with Crippen LogP contribution in [0.2, 0.25) is 0 Å². The van der Waals surface area contributed by atoms with Crippen molar-refractivity contribution in [1.29, 1.82) is 0 Å². The second-order valence-electron chi connectivity index (χ2n) is 5.01. The van der Waals surface area contributed by atoms with E-state index in [2.05, 4.69) is 42.5 Å². The predicted octanol–water partition coefficient (Wildman–Crippen LogP) is 2.98. The SMILES string of the molecule is C1=CC2C3C4c5ccccc5C(=C1)C243. The fourth-order valence-electron chi connectivity index (χ4n) is 4.20. The maximum Gasteiger partial charge on any atom is 0.0137 e. The molecule has 1 aromatic carbocycles. The summed E-state index contributed by atoms with van der Waals surface area (Å²) in [7, 11) is 0.